The average Bonchev–Trinajstić information content (AvgIpc) is 3.00. The van der Waals surface area contributed by atoms with Crippen molar-refractivity contribution in [3.63, 3.8) is 0 Å². The summed E-state index contributed by atoms with van der Waals surface area (Å²) >= 11 is 0. The van der Waals surface area contributed by atoms with Crippen LogP contribution in [-0.4, -0.2) is 24.3 Å². The first-order valence-electron chi connectivity index (χ1n) is 6.68. The highest BCUT2D eigenvalue weighted by Crippen LogP contribution is 2.17. The minimum Gasteiger partial charge on any atom is -0.383 e. The smallest absolute Gasteiger partial charge is 0.332 e. The molecule has 2 aromatic rings. The summed E-state index contributed by atoms with van der Waals surface area (Å²) in [5, 5.41) is 9.48. The van der Waals surface area contributed by atoms with E-state index < -0.39 is 11.2 Å². The summed E-state index contributed by atoms with van der Waals surface area (Å²) in [5.41, 5.74) is 5.29. The lowest BCUT2D eigenvalue weighted by Gasteiger charge is -2.18. The van der Waals surface area contributed by atoms with Crippen molar-refractivity contribution >= 4 is 11.5 Å². The number of hydrogen-bond donors (Lipinski definition) is 3. The molecule has 1 unspecified atom stereocenters. The standard InChI is InChI=1S/C12H19N7O2/c1-4-5-19-9(13)8(11(20)18(3)12(19)21)16-7(2)10-14-6-15-17-10/h6-7,16H,4-5,13H2,1-3H3,(H,14,15,17). The molecule has 2 aromatic heterocycles. The third kappa shape index (κ3) is 2.67. The molecular weight excluding hydrogens is 274 g/mol. The fraction of sp³-hybridized carbons (Fsp3) is 0.500. The summed E-state index contributed by atoms with van der Waals surface area (Å²) in [6.45, 7) is 4.19. The van der Waals surface area contributed by atoms with Gasteiger partial charge in [0.15, 0.2) is 0 Å². The first-order valence-corrected chi connectivity index (χ1v) is 6.68. The highest BCUT2D eigenvalue weighted by atomic mass is 16.2. The molecule has 2 rings (SSSR count). The Kier molecular flexibility index (Phi) is 4.10. The number of nitrogen functional groups attached to an aromatic ring is 1. The zero-order valence-electron chi connectivity index (χ0n) is 12.3. The molecule has 0 aliphatic rings. The first-order chi connectivity index (χ1) is 9.97. The molecule has 1 atom stereocenters. The number of aromatic nitrogens is 5. The van der Waals surface area contributed by atoms with Gasteiger partial charge in [0.05, 0.1) is 6.04 Å². The van der Waals surface area contributed by atoms with Crippen LogP contribution in [0, 0.1) is 0 Å². The van der Waals surface area contributed by atoms with E-state index in [1.165, 1.54) is 17.9 Å². The SMILES string of the molecule is CCCn1c(N)c(NC(C)c2ncn[nH]2)c(=O)n(C)c1=O. The normalized spacial score (nSPS) is 12.3. The number of hydrogen-bond acceptors (Lipinski definition) is 6. The van der Waals surface area contributed by atoms with Crippen LogP contribution in [0.3, 0.4) is 0 Å². The van der Waals surface area contributed by atoms with E-state index in [-0.39, 0.29) is 17.5 Å². The molecule has 9 heteroatoms. The Balaban J connectivity index is 2.48. The Morgan fingerprint density at radius 2 is 2.19 bits per heavy atom. The Bertz CT molecular complexity index is 729. The van der Waals surface area contributed by atoms with Crippen molar-refractivity contribution in [3.8, 4) is 0 Å². The molecule has 2 heterocycles. The van der Waals surface area contributed by atoms with Crippen molar-refractivity contribution in [2.45, 2.75) is 32.9 Å². The minimum absolute atomic E-state index is 0.135. The maximum Gasteiger partial charge on any atom is 0.332 e. The fourth-order valence-electron chi connectivity index (χ4n) is 2.07. The van der Waals surface area contributed by atoms with Gasteiger partial charge in [0.2, 0.25) is 0 Å². The second kappa shape index (κ2) is 5.81. The summed E-state index contributed by atoms with van der Waals surface area (Å²) in [6, 6.07) is -0.296. The van der Waals surface area contributed by atoms with Gasteiger partial charge in [0.1, 0.15) is 23.7 Å². The van der Waals surface area contributed by atoms with Gasteiger partial charge < -0.3 is 11.1 Å². The topological polar surface area (TPSA) is 124 Å². The molecule has 0 amide bonds. The van der Waals surface area contributed by atoms with E-state index in [1.54, 1.807) is 0 Å². The van der Waals surface area contributed by atoms with Gasteiger partial charge in [-0.1, -0.05) is 6.92 Å². The van der Waals surface area contributed by atoms with Crippen molar-refractivity contribution in [2.75, 3.05) is 11.1 Å². The van der Waals surface area contributed by atoms with E-state index in [0.717, 1.165) is 11.0 Å². The summed E-state index contributed by atoms with van der Waals surface area (Å²) < 4.78 is 2.43. The lowest BCUT2D eigenvalue weighted by Crippen LogP contribution is -2.41. The van der Waals surface area contributed by atoms with Gasteiger partial charge >= 0.3 is 5.69 Å². The molecular formula is C12H19N7O2. The van der Waals surface area contributed by atoms with Gasteiger partial charge in [0.25, 0.3) is 5.56 Å². The van der Waals surface area contributed by atoms with Gasteiger partial charge in [-0.05, 0) is 13.3 Å². The molecule has 0 aliphatic carbocycles. The number of rotatable bonds is 5. The molecule has 9 nitrogen and oxygen atoms in total. The third-order valence-corrected chi connectivity index (χ3v) is 3.24. The van der Waals surface area contributed by atoms with Crippen LogP contribution < -0.4 is 22.3 Å². The molecule has 4 N–H and O–H groups in total. The van der Waals surface area contributed by atoms with E-state index in [1.807, 2.05) is 13.8 Å². The van der Waals surface area contributed by atoms with E-state index in [0.29, 0.717) is 12.4 Å². The molecule has 0 bridgehead atoms. The molecule has 0 saturated heterocycles. The highest BCUT2D eigenvalue weighted by Gasteiger charge is 2.18. The zero-order valence-corrected chi connectivity index (χ0v) is 12.3. The molecule has 21 heavy (non-hydrogen) atoms. The summed E-state index contributed by atoms with van der Waals surface area (Å²) in [6.07, 6.45) is 2.12. The zero-order chi connectivity index (χ0) is 15.6. The Hall–Kier alpha value is -2.58. The molecule has 0 spiro atoms. The second-order valence-electron chi connectivity index (χ2n) is 4.80. The second-order valence-corrected chi connectivity index (χ2v) is 4.80. The van der Waals surface area contributed by atoms with Gasteiger partial charge in [-0.15, -0.1) is 0 Å². The van der Waals surface area contributed by atoms with Gasteiger partial charge in [0, 0.05) is 13.6 Å². The van der Waals surface area contributed by atoms with E-state index in [9.17, 15) is 9.59 Å². The molecule has 0 radical (unpaired) electrons. The monoisotopic (exact) mass is 293 g/mol. The Morgan fingerprint density at radius 3 is 2.76 bits per heavy atom. The average molecular weight is 293 g/mol. The lowest BCUT2D eigenvalue weighted by atomic mass is 10.3. The van der Waals surface area contributed by atoms with Gasteiger partial charge in [-0.3, -0.25) is 19.0 Å². The van der Waals surface area contributed by atoms with Crippen molar-refractivity contribution in [1.29, 1.82) is 0 Å². The van der Waals surface area contributed by atoms with Crippen LogP contribution in [0.15, 0.2) is 15.9 Å². The maximum absolute atomic E-state index is 12.2. The first kappa shape index (κ1) is 14.8. The molecule has 0 aliphatic heterocycles. The highest BCUT2D eigenvalue weighted by molar-refractivity contribution is 5.61. The largest absolute Gasteiger partial charge is 0.383 e. The fourth-order valence-corrected chi connectivity index (χ4v) is 2.07. The number of aromatic amines is 1. The predicted octanol–water partition coefficient (Wildman–Crippen LogP) is -0.170. The number of nitrogens with one attached hydrogen (secondary N) is 2. The van der Waals surface area contributed by atoms with E-state index in [2.05, 4.69) is 20.5 Å². The summed E-state index contributed by atoms with van der Waals surface area (Å²) in [4.78, 5) is 28.3. The Labute approximate surface area is 120 Å². The Morgan fingerprint density at radius 1 is 1.48 bits per heavy atom. The number of H-pyrrole nitrogens is 1. The van der Waals surface area contributed by atoms with Crippen LogP contribution in [0.5, 0.6) is 0 Å². The molecule has 114 valence electrons. The number of anilines is 2. The van der Waals surface area contributed by atoms with Crippen LogP contribution in [0.2, 0.25) is 0 Å². The molecule has 0 saturated carbocycles. The van der Waals surface area contributed by atoms with E-state index in [4.69, 9.17) is 5.73 Å². The van der Waals surface area contributed by atoms with Crippen LogP contribution in [0.1, 0.15) is 32.1 Å². The van der Waals surface area contributed by atoms with Crippen LogP contribution in [0.4, 0.5) is 11.5 Å². The summed E-state index contributed by atoms with van der Waals surface area (Å²) in [5.74, 6) is 0.709. The lowest BCUT2D eigenvalue weighted by molar-refractivity contribution is 0.599. The van der Waals surface area contributed by atoms with Crippen LogP contribution >= 0.6 is 0 Å². The molecule has 0 fully saturated rings. The molecule has 0 aromatic carbocycles. The number of nitrogens with zero attached hydrogens (tertiary/aromatic N) is 4. The third-order valence-electron chi connectivity index (χ3n) is 3.24. The van der Waals surface area contributed by atoms with Gasteiger partial charge in [-0.25, -0.2) is 9.78 Å². The minimum atomic E-state index is -0.462. The van der Waals surface area contributed by atoms with Crippen molar-refractivity contribution in [1.82, 2.24) is 24.3 Å². The maximum atomic E-state index is 12.2. The van der Waals surface area contributed by atoms with E-state index >= 15 is 0 Å². The van der Waals surface area contributed by atoms with Crippen molar-refractivity contribution < 1.29 is 0 Å². The van der Waals surface area contributed by atoms with Crippen molar-refractivity contribution in [2.24, 2.45) is 7.05 Å². The van der Waals surface area contributed by atoms with Crippen LogP contribution in [-0.2, 0) is 13.6 Å². The summed E-state index contributed by atoms with van der Waals surface area (Å²) in [7, 11) is 1.43. The van der Waals surface area contributed by atoms with Crippen molar-refractivity contribution in [3.05, 3.63) is 33.0 Å². The predicted molar refractivity (Wildman–Crippen MR) is 79.1 cm³/mol. The quantitative estimate of drug-likeness (QED) is 0.703. The number of nitrogens with two attached hydrogens (primary N) is 1. The van der Waals surface area contributed by atoms with Crippen LogP contribution in [0.25, 0.3) is 0 Å². The van der Waals surface area contributed by atoms with Gasteiger partial charge in [-0.2, -0.15) is 5.10 Å².